The summed E-state index contributed by atoms with van der Waals surface area (Å²) < 4.78 is 1.23. The Kier molecular flexibility index (Phi) is 3.75. The minimum absolute atomic E-state index is 0.0931. The average Bonchev–Trinajstić information content (AvgIpc) is 2.05. The summed E-state index contributed by atoms with van der Waals surface area (Å²) in [6, 6.07) is 8.26. The van der Waals surface area contributed by atoms with Crippen LogP contribution in [0.15, 0.2) is 36.9 Å². The highest BCUT2D eigenvalue weighted by Crippen LogP contribution is 2.20. The van der Waals surface area contributed by atoms with Crippen molar-refractivity contribution in [1.82, 2.24) is 0 Å². The Bertz CT molecular complexity index is 270. The predicted octanol–water partition coefficient (Wildman–Crippen LogP) is 2.87. The smallest absolute Gasteiger partial charge is 0.0340 e. The third kappa shape index (κ3) is 2.32. The van der Waals surface area contributed by atoms with Crippen LogP contribution in [0.3, 0.4) is 0 Å². The first-order valence-corrected chi connectivity index (χ1v) is 4.94. The molecule has 0 unspecified atom stereocenters. The largest absolute Gasteiger partial charge is 0.324 e. The van der Waals surface area contributed by atoms with E-state index in [1.807, 2.05) is 18.2 Å². The van der Waals surface area contributed by atoms with Gasteiger partial charge in [0.05, 0.1) is 0 Å². The molecule has 0 spiro atoms. The van der Waals surface area contributed by atoms with Gasteiger partial charge in [-0.3, -0.25) is 0 Å². The van der Waals surface area contributed by atoms with Crippen LogP contribution >= 0.6 is 22.6 Å². The first-order chi connectivity index (χ1) is 5.75. The highest BCUT2D eigenvalue weighted by atomic mass is 127. The summed E-state index contributed by atoms with van der Waals surface area (Å²) in [5, 5.41) is 0. The zero-order valence-corrected chi connectivity index (χ0v) is 8.99. The molecule has 0 bridgehead atoms. The molecule has 2 heteroatoms. The Hall–Kier alpha value is -0.350. The molecule has 1 nitrogen and oxygen atoms in total. The van der Waals surface area contributed by atoms with Crippen LogP contribution in [0.5, 0.6) is 0 Å². The fourth-order valence-electron chi connectivity index (χ4n) is 1.08. The summed E-state index contributed by atoms with van der Waals surface area (Å²) in [6.07, 6.45) is 2.69. The Morgan fingerprint density at radius 3 is 2.75 bits per heavy atom. The van der Waals surface area contributed by atoms with Gasteiger partial charge in [-0.1, -0.05) is 24.3 Å². The topological polar surface area (TPSA) is 26.0 Å². The molecule has 2 N–H and O–H groups in total. The van der Waals surface area contributed by atoms with Gasteiger partial charge in [0.1, 0.15) is 0 Å². The van der Waals surface area contributed by atoms with Crippen LogP contribution in [0, 0.1) is 3.57 Å². The van der Waals surface area contributed by atoms with Gasteiger partial charge < -0.3 is 5.73 Å². The maximum absolute atomic E-state index is 5.93. The summed E-state index contributed by atoms with van der Waals surface area (Å²) in [5.74, 6) is 0. The van der Waals surface area contributed by atoms with Crippen molar-refractivity contribution < 1.29 is 0 Å². The predicted molar refractivity (Wildman–Crippen MR) is 60.9 cm³/mol. The van der Waals surface area contributed by atoms with Crippen LogP contribution in [0.25, 0.3) is 0 Å². The zero-order valence-electron chi connectivity index (χ0n) is 6.83. The van der Waals surface area contributed by atoms with E-state index in [9.17, 15) is 0 Å². The van der Waals surface area contributed by atoms with Crippen LogP contribution in [0.1, 0.15) is 18.0 Å². The number of rotatable bonds is 3. The van der Waals surface area contributed by atoms with Crippen molar-refractivity contribution in [2.45, 2.75) is 12.5 Å². The van der Waals surface area contributed by atoms with Gasteiger partial charge in [0, 0.05) is 9.61 Å². The lowest BCUT2D eigenvalue weighted by molar-refractivity contribution is 0.737. The summed E-state index contributed by atoms with van der Waals surface area (Å²) in [4.78, 5) is 0. The number of hydrogen-bond acceptors (Lipinski definition) is 1. The Morgan fingerprint density at radius 1 is 1.50 bits per heavy atom. The van der Waals surface area contributed by atoms with E-state index in [-0.39, 0.29) is 6.04 Å². The molecule has 0 aliphatic heterocycles. The van der Waals surface area contributed by atoms with E-state index < -0.39 is 0 Å². The van der Waals surface area contributed by atoms with Gasteiger partial charge in [-0.15, -0.1) is 6.58 Å². The second kappa shape index (κ2) is 4.62. The molecule has 0 fully saturated rings. The second-order valence-corrected chi connectivity index (χ2v) is 3.81. The SMILES string of the molecule is C=CC[C@H](N)c1ccccc1I. The summed E-state index contributed by atoms with van der Waals surface area (Å²) in [7, 11) is 0. The molecule has 64 valence electrons. The molecule has 12 heavy (non-hydrogen) atoms. The molecule has 1 aromatic rings. The monoisotopic (exact) mass is 273 g/mol. The molecule has 1 aromatic carbocycles. The van der Waals surface area contributed by atoms with Gasteiger partial charge in [-0.25, -0.2) is 0 Å². The average molecular weight is 273 g/mol. The first kappa shape index (κ1) is 9.74. The van der Waals surface area contributed by atoms with E-state index in [4.69, 9.17) is 5.73 Å². The molecule has 1 atom stereocenters. The number of halogens is 1. The molecule has 0 saturated heterocycles. The number of nitrogens with two attached hydrogens (primary N) is 1. The number of benzene rings is 1. The van der Waals surface area contributed by atoms with Crippen molar-refractivity contribution in [3.63, 3.8) is 0 Å². The summed E-state index contributed by atoms with van der Waals surface area (Å²) >= 11 is 2.30. The Labute approximate surface area is 86.8 Å². The molecule has 1 rings (SSSR count). The zero-order chi connectivity index (χ0) is 8.97. The van der Waals surface area contributed by atoms with E-state index in [2.05, 4.69) is 41.3 Å². The third-order valence-corrected chi connectivity index (χ3v) is 2.71. The highest BCUT2D eigenvalue weighted by molar-refractivity contribution is 14.1. The fourth-order valence-corrected chi connectivity index (χ4v) is 1.87. The maximum Gasteiger partial charge on any atom is 0.0340 e. The van der Waals surface area contributed by atoms with Gasteiger partial charge >= 0.3 is 0 Å². The fraction of sp³-hybridized carbons (Fsp3) is 0.200. The molecule has 0 radical (unpaired) electrons. The van der Waals surface area contributed by atoms with E-state index >= 15 is 0 Å². The van der Waals surface area contributed by atoms with Crippen LogP contribution in [-0.2, 0) is 0 Å². The van der Waals surface area contributed by atoms with E-state index in [0.29, 0.717) is 0 Å². The molecular formula is C10H12IN. The van der Waals surface area contributed by atoms with E-state index in [0.717, 1.165) is 6.42 Å². The lowest BCUT2D eigenvalue weighted by Crippen LogP contribution is -2.10. The van der Waals surface area contributed by atoms with Crippen molar-refractivity contribution in [2.75, 3.05) is 0 Å². The van der Waals surface area contributed by atoms with Gasteiger partial charge in [0.15, 0.2) is 0 Å². The quantitative estimate of drug-likeness (QED) is 0.665. The Morgan fingerprint density at radius 2 is 2.17 bits per heavy atom. The minimum Gasteiger partial charge on any atom is -0.324 e. The third-order valence-electron chi connectivity index (χ3n) is 1.73. The van der Waals surface area contributed by atoms with Crippen molar-refractivity contribution in [1.29, 1.82) is 0 Å². The van der Waals surface area contributed by atoms with Gasteiger partial charge in [-0.05, 0) is 40.6 Å². The van der Waals surface area contributed by atoms with Crippen molar-refractivity contribution in [3.05, 3.63) is 46.1 Å². The first-order valence-electron chi connectivity index (χ1n) is 3.86. The van der Waals surface area contributed by atoms with Crippen LogP contribution in [0.4, 0.5) is 0 Å². The molecule has 0 heterocycles. The van der Waals surface area contributed by atoms with E-state index in [1.54, 1.807) is 0 Å². The van der Waals surface area contributed by atoms with Crippen LogP contribution in [0.2, 0.25) is 0 Å². The van der Waals surface area contributed by atoms with E-state index in [1.165, 1.54) is 9.13 Å². The van der Waals surface area contributed by atoms with Gasteiger partial charge in [0.2, 0.25) is 0 Å². The lowest BCUT2D eigenvalue weighted by Gasteiger charge is -2.10. The summed E-state index contributed by atoms with van der Waals surface area (Å²) in [5.41, 5.74) is 7.14. The van der Waals surface area contributed by atoms with Crippen molar-refractivity contribution in [2.24, 2.45) is 5.73 Å². The second-order valence-electron chi connectivity index (χ2n) is 2.65. The minimum atomic E-state index is 0.0931. The van der Waals surface area contributed by atoms with Crippen LogP contribution in [-0.4, -0.2) is 0 Å². The Balaban J connectivity index is 2.86. The molecule has 0 aliphatic carbocycles. The van der Waals surface area contributed by atoms with Gasteiger partial charge in [0.25, 0.3) is 0 Å². The van der Waals surface area contributed by atoms with Gasteiger partial charge in [-0.2, -0.15) is 0 Å². The molecule has 0 aromatic heterocycles. The lowest BCUT2D eigenvalue weighted by atomic mass is 10.1. The van der Waals surface area contributed by atoms with Crippen LogP contribution < -0.4 is 5.73 Å². The standard InChI is InChI=1S/C10H12IN/c1-2-5-10(12)8-6-3-4-7-9(8)11/h2-4,6-7,10H,1,5,12H2/t10-/m0/s1. The highest BCUT2D eigenvalue weighted by Gasteiger charge is 2.05. The molecule has 0 aliphatic rings. The van der Waals surface area contributed by atoms with Crippen molar-refractivity contribution >= 4 is 22.6 Å². The molecule has 0 saturated carbocycles. The summed E-state index contributed by atoms with van der Waals surface area (Å²) in [6.45, 7) is 3.67. The maximum atomic E-state index is 5.93. The molecule has 0 amide bonds. The normalized spacial score (nSPS) is 12.5. The number of hydrogen-bond donors (Lipinski definition) is 1. The molecular weight excluding hydrogens is 261 g/mol. The van der Waals surface area contributed by atoms with Crippen molar-refractivity contribution in [3.8, 4) is 0 Å².